The monoisotopic (exact) mass is 389 g/mol. The van der Waals surface area contributed by atoms with E-state index in [2.05, 4.69) is 5.32 Å². The lowest BCUT2D eigenvalue weighted by atomic mass is 10.1. The summed E-state index contributed by atoms with van der Waals surface area (Å²) in [5, 5.41) is 11.7. The van der Waals surface area contributed by atoms with E-state index in [4.69, 9.17) is 0 Å². The second-order valence-electron chi connectivity index (χ2n) is 6.28. The minimum absolute atomic E-state index is 0.213. The average Bonchev–Trinajstić information content (AvgIpc) is 2.65. The molecule has 0 saturated carbocycles. The first-order valence-corrected chi connectivity index (χ1v) is 10.4. The van der Waals surface area contributed by atoms with Crippen LogP contribution in [-0.2, 0) is 20.4 Å². The Bertz CT molecular complexity index is 894. The zero-order chi connectivity index (χ0) is 19.9. The van der Waals surface area contributed by atoms with Crippen LogP contribution in [0.3, 0.4) is 0 Å². The average molecular weight is 389 g/mol. The maximum atomic E-state index is 12.5. The molecular formula is C20H23NO5S. The summed E-state index contributed by atoms with van der Waals surface area (Å²) >= 11 is 0. The Labute approximate surface area is 159 Å². The van der Waals surface area contributed by atoms with Crippen LogP contribution in [0, 0.1) is 0 Å². The van der Waals surface area contributed by atoms with E-state index in [1.807, 2.05) is 6.92 Å². The topological polar surface area (TPSA) is 101 Å². The number of aliphatic carboxylic acids is 1. The normalized spacial score (nSPS) is 12.3. The van der Waals surface area contributed by atoms with Crippen LogP contribution in [0.25, 0.3) is 0 Å². The van der Waals surface area contributed by atoms with Crippen molar-refractivity contribution in [2.45, 2.75) is 42.9 Å². The molecule has 0 saturated heterocycles. The largest absolute Gasteiger partial charge is 0.480 e. The van der Waals surface area contributed by atoms with Crippen LogP contribution in [-0.4, -0.2) is 31.4 Å². The fraction of sp³-hybridized carbons (Fsp3) is 0.300. The fourth-order valence-electron chi connectivity index (χ4n) is 2.64. The molecule has 2 aromatic carbocycles. The van der Waals surface area contributed by atoms with Crippen LogP contribution in [0.5, 0.6) is 0 Å². The van der Waals surface area contributed by atoms with E-state index in [9.17, 15) is 23.1 Å². The summed E-state index contributed by atoms with van der Waals surface area (Å²) in [5.41, 5.74) is 0.699. The number of hydrogen-bond acceptors (Lipinski definition) is 4. The molecule has 7 heteroatoms. The highest BCUT2D eigenvalue weighted by Gasteiger charge is 2.21. The van der Waals surface area contributed by atoms with Crippen LogP contribution < -0.4 is 5.32 Å². The number of benzene rings is 2. The number of unbranched alkanes of at least 4 members (excludes halogenated alkanes) is 1. The number of carboxylic acid groups (broad SMARTS) is 1. The smallest absolute Gasteiger partial charge is 0.326 e. The van der Waals surface area contributed by atoms with Gasteiger partial charge in [-0.1, -0.05) is 50.1 Å². The third-order valence-corrected chi connectivity index (χ3v) is 5.80. The van der Waals surface area contributed by atoms with Crippen molar-refractivity contribution in [2.24, 2.45) is 0 Å². The van der Waals surface area contributed by atoms with Crippen molar-refractivity contribution >= 4 is 21.7 Å². The molecule has 2 aromatic rings. The van der Waals surface area contributed by atoms with Crippen molar-refractivity contribution in [3.8, 4) is 0 Å². The van der Waals surface area contributed by atoms with E-state index in [0.29, 0.717) is 18.4 Å². The molecular weight excluding hydrogens is 366 g/mol. The van der Waals surface area contributed by atoms with Crippen molar-refractivity contribution < 1.29 is 23.1 Å². The number of rotatable bonds is 9. The number of carbonyl (C=O) groups is 2. The molecule has 0 aromatic heterocycles. The molecule has 0 spiro atoms. The van der Waals surface area contributed by atoms with Gasteiger partial charge in [0.1, 0.15) is 6.04 Å². The fourth-order valence-corrected chi connectivity index (χ4v) is 4.00. The van der Waals surface area contributed by atoms with Crippen LogP contribution in [0.4, 0.5) is 0 Å². The Morgan fingerprint density at radius 3 is 2.41 bits per heavy atom. The van der Waals surface area contributed by atoms with Gasteiger partial charge in [0.05, 0.1) is 10.6 Å². The molecule has 2 rings (SSSR count). The van der Waals surface area contributed by atoms with Gasteiger partial charge in [-0.15, -0.1) is 0 Å². The summed E-state index contributed by atoms with van der Waals surface area (Å²) in [4.78, 5) is 23.9. The Hall–Kier alpha value is -2.67. The van der Waals surface area contributed by atoms with Gasteiger partial charge in [0.2, 0.25) is 0 Å². The van der Waals surface area contributed by atoms with Gasteiger partial charge < -0.3 is 10.4 Å². The summed E-state index contributed by atoms with van der Waals surface area (Å²) < 4.78 is 25.0. The first-order valence-electron chi connectivity index (χ1n) is 8.74. The maximum absolute atomic E-state index is 12.5. The molecule has 1 atom stereocenters. The van der Waals surface area contributed by atoms with Crippen LogP contribution in [0.2, 0.25) is 0 Å². The molecule has 0 aliphatic carbocycles. The van der Waals surface area contributed by atoms with Crippen molar-refractivity contribution in [3.05, 3.63) is 65.7 Å². The number of nitrogens with one attached hydrogen (secondary N) is 1. The molecule has 0 bridgehead atoms. The Kier molecular flexibility index (Phi) is 7.12. The van der Waals surface area contributed by atoms with Crippen molar-refractivity contribution in [3.63, 3.8) is 0 Å². The van der Waals surface area contributed by atoms with Gasteiger partial charge in [0.25, 0.3) is 5.91 Å². The molecule has 0 radical (unpaired) electrons. The quantitative estimate of drug-likeness (QED) is 0.686. The highest BCUT2D eigenvalue weighted by atomic mass is 32.2. The van der Waals surface area contributed by atoms with Gasteiger partial charge in [-0.3, -0.25) is 4.79 Å². The van der Waals surface area contributed by atoms with E-state index in [1.54, 1.807) is 30.3 Å². The van der Waals surface area contributed by atoms with Gasteiger partial charge in [0, 0.05) is 5.56 Å². The summed E-state index contributed by atoms with van der Waals surface area (Å²) in [6, 6.07) is 13.4. The summed E-state index contributed by atoms with van der Waals surface area (Å²) in [6.07, 6.45) is 1.86. The minimum atomic E-state index is -3.53. The lowest BCUT2D eigenvalue weighted by molar-refractivity contribution is -0.139. The highest BCUT2D eigenvalue weighted by molar-refractivity contribution is 7.90. The van der Waals surface area contributed by atoms with Crippen molar-refractivity contribution in [1.29, 1.82) is 0 Å². The molecule has 0 fully saturated rings. The lowest BCUT2D eigenvalue weighted by Gasteiger charge is -2.14. The van der Waals surface area contributed by atoms with E-state index in [0.717, 1.165) is 6.42 Å². The Morgan fingerprint density at radius 2 is 1.78 bits per heavy atom. The van der Waals surface area contributed by atoms with Gasteiger partial charge in [-0.25, -0.2) is 13.2 Å². The summed E-state index contributed by atoms with van der Waals surface area (Å²) in [7, 11) is -3.53. The van der Waals surface area contributed by atoms with Gasteiger partial charge in [-0.05, 0) is 36.2 Å². The number of carbonyl (C=O) groups excluding carboxylic acids is 1. The molecule has 1 unspecified atom stereocenters. The van der Waals surface area contributed by atoms with Crippen LogP contribution in [0.15, 0.2) is 59.5 Å². The number of hydrogen-bond donors (Lipinski definition) is 2. The predicted molar refractivity (Wildman–Crippen MR) is 102 cm³/mol. The van der Waals surface area contributed by atoms with Crippen molar-refractivity contribution in [1.82, 2.24) is 5.32 Å². The Morgan fingerprint density at radius 1 is 1.07 bits per heavy atom. The molecule has 2 N–H and O–H groups in total. The lowest BCUT2D eigenvalue weighted by Crippen LogP contribution is -2.40. The molecule has 1 amide bonds. The Balaban J connectivity index is 2.14. The number of sulfone groups is 1. The van der Waals surface area contributed by atoms with E-state index >= 15 is 0 Å². The van der Waals surface area contributed by atoms with Crippen LogP contribution >= 0.6 is 0 Å². The first kappa shape index (κ1) is 20.6. The SMILES string of the molecule is CCCCC(NC(=O)c1cccc(CS(=O)(=O)c2ccccc2)c1)C(=O)O. The third-order valence-electron chi connectivity index (χ3n) is 4.10. The number of amides is 1. The van der Waals surface area contributed by atoms with E-state index in [-0.39, 0.29) is 16.2 Å². The molecule has 6 nitrogen and oxygen atoms in total. The minimum Gasteiger partial charge on any atom is -0.480 e. The standard InChI is InChI=1S/C20H23NO5S/c1-2-3-12-18(20(23)24)21-19(22)16-9-7-8-15(13-16)14-27(25,26)17-10-5-4-6-11-17/h4-11,13,18H,2-3,12,14H2,1H3,(H,21,22)(H,23,24). The van der Waals surface area contributed by atoms with Crippen LogP contribution in [0.1, 0.15) is 42.1 Å². The van der Waals surface area contributed by atoms with Gasteiger partial charge in [-0.2, -0.15) is 0 Å². The molecule has 0 heterocycles. The van der Waals surface area contributed by atoms with Gasteiger partial charge >= 0.3 is 5.97 Å². The second-order valence-corrected chi connectivity index (χ2v) is 8.27. The predicted octanol–water partition coefficient (Wildman–Crippen LogP) is 3.03. The molecule has 0 aliphatic rings. The second kappa shape index (κ2) is 9.32. The summed E-state index contributed by atoms with van der Waals surface area (Å²) in [6.45, 7) is 1.94. The summed E-state index contributed by atoms with van der Waals surface area (Å²) in [5.74, 6) is -1.85. The zero-order valence-corrected chi connectivity index (χ0v) is 15.9. The third kappa shape index (κ3) is 5.92. The highest BCUT2D eigenvalue weighted by Crippen LogP contribution is 2.17. The number of carboxylic acids is 1. The zero-order valence-electron chi connectivity index (χ0n) is 15.1. The molecule has 144 valence electrons. The van der Waals surface area contributed by atoms with Gasteiger partial charge in [0.15, 0.2) is 9.84 Å². The van der Waals surface area contributed by atoms with Crippen molar-refractivity contribution in [2.75, 3.05) is 0 Å². The maximum Gasteiger partial charge on any atom is 0.326 e. The van der Waals surface area contributed by atoms with E-state index < -0.39 is 27.8 Å². The molecule has 0 aliphatic heterocycles. The van der Waals surface area contributed by atoms with E-state index in [1.165, 1.54) is 24.3 Å². The first-order chi connectivity index (χ1) is 12.8. The molecule has 27 heavy (non-hydrogen) atoms.